The Morgan fingerprint density at radius 3 is 2.75 bits per heavy atom. The summed E-state index contributed by atoms with van der Waals surface area (Å²) in [5.41, 5.74) is 2.51. The minimum absolute atomic E-state index is 0.270. The second-order valence-electron chi connectivity index (χ2n) is 6.17. The van der Waals surface area contributed by atoms with Crippen LogP contribution in [0.5, 0.6) is 0 Å². The minimum atomic E-state index is -0.618. The lowest BCUT2D eigenvalue weighted by Crippen LogP contribution is -2.21. The van der Waals surface area contributed by atoms with E-state index in [0.717, 1.165) is 16.0 Å². The van der Waals surface area contributed by atoms with Crippen LogP contribution in [-0.4, -0.2) is 28.6 Å². The number of nitrogens with zero attached hydrogens (tertiary/aromatic N) is 2. The Balaban J connectivity index is 1.67. The molecule has 0 radical (unpaired) electrons. The second kappa shape index (κ2) is 8.71. The van der Waals surface area contributed by atoms with Gasteiger partial charge in [-0.25, -0.2) is 9.78 Å². The van der Waals surface area contributed by atoms with Gasteiger partial charge >= 0.3 is 5.97 Å². The van der Waals surface area contributed by atoms with E-state index in [1.165, 1.54) is 11.8 Å². The average molecular weight is 397 g/mol. The molecular formula is C20H19N3O4S. The van der Waals surface area contributed by atoms with Gasteiger partial charge in [0.05, 0.1) is 5.56 Å². The third-order valence-corrected chi connectivity index (χ3v) is 4.95. The molecule has 0 atom stereocenters. The third kappa shape index (κ3) is 4.98. The van der Waals surface area contributed by atoms with E-state index >= 15 is 0 Å². The second-order valence-corrected chi connectivity index (χ2v) is 7.20. The van der Waals surface area contributed by atoms with Crippen LogP contribution >= 0.6 is 11.8 Å². The molecule has 0 bridgehead atoms. The summed E-state index contributed by atoms with van der Waals surface area (Å²) in [6.07, 6.45) is 1.61. The van der Waals surface area contributed by atoms with Crippen LogP contribution in [0.1, 0.15) is 27.2 Å². The molecule has 0 saturated heterocycles. The van der Waals surface area contributed by atoms with Gasteiger partial charge in [0.1, 0.15) is 10.8 Å². The average Bonchev–Trinajstić information content (AvgIpc) is 3.08. The fourth-order valence-electron chi connectivity index (χ4n) is 2.36. The van der Waals surface area contributed by atoms with E-state index < -0.39 is 18.5 Å². The number of nitrogens with one attached hydrogen (secondary N) is 1. The number of benzene rings is 1. The Bertz CT molecular complexity index is 1020. The monoisotopic (exact) mass is 397 g/mol. The van der Waals surface area contributed by atoms with E-state index in [9.17, 15) is 9.59 Å². The highest BCUT2D eigenvalue weighted by atomic mass is 32.2. The van der Waals surface area contributed by atoms with Crippen molar-refractivity contribution in [3.8, 4) is 0 Å². The number of esters is 1. The first-order valence-electron chi connectivity index (χ1n) is 8.53. The molecule has 0 aliphatic rings. The molecule has 0 unspecified atom stereocenters. The summed E-state index contributed by atoms with van der Waals surface area (Å²) in [6, 6.07) is 10.9. The van der Waals surface area contributed by atoms with Crippen LogP contribution in [0.25, 0.3) is 0 Å². The molecule has 8 heteroatoms. The summed E-state index contributed by atoms with van der Waals surface area (Å²) in [5.74, 6) is -0.288. The van der Waals surface area contributed by atoms with Crippen molar-refractivity contribution in [3.63, 3.8) is 0 Å². The van der Waals surface area contributed by atoms with Gasteiger partial charge in [-0.1, -0.05) is 29.1 Å². The fraction of sp³-hybridized carbons (Fsp3) is 0.200. The molecule has 0 aliphatic heterocycles. The van der Waals surface area contributed by atoms with Gasteiger partial charge in [0.25, 0.3) is 5.91 Å². The van der Waals surface area contributed by atoms with Crippen LogP contribution in [0.15, 0.2) is 57.0 Å². The maximum Gasteiger partial charge on any atom is 0.341 e. The van der Waals surface area contributed by atoms with Crippen LogP contribution in [0, 0.1) is 20.8 Å². The molecule has 0 saturated carbocycles. The Hall–Kier alpha value is -3.13. The highest BCUT2D eigenvalue weighted by Crippen LogP contribution is 2.32. The van der Waals surface area contributed by atoms with Gasteiger partial charge in [-0.05, 0) is 50.1 Å². The van der Waals surface area contributed by atoms with Gasteiger partial charge in [0.15, 0.2) is 12.4 Å². The number of hydrogen-bond acceptors (Lipinski definition) is 7. The Morgan fingerprint density at radius 1 is 1.18 bits per heavy atom. The molecule has 1 aromatic carbocycles. The van der Waals surface area contributed by atoms with Crippen LogP contribution in [0.4, 0.5) is 5.82 Å². The molecule has 144 valence electrons. The summed E-state index contributed by atoms with van der Waals surface area (Å²) in [4.78, 5) is 29.7. The topological polar surface area (TPSA) is 94.3 Å². The summed E-state index contributed by atoms with van der Waals surface area (Å²) in [6.45, 7) is 5.28. The molecule has 3 rings (SSSR count). The minimum Gasteiger partial charge on any atom is -0.452 e. The summed E-state index contributed by atoms with van der Waals surface area (Å²) < 4.78 is 10.0. The number of amides is 1. The smallest absolute Gasteiger partial charge is 0.341 e. The first-order chi connectivity index (χ1) is 13.4. The molecule has 1 amide bonds. The van der Waals surface area contributed by atoms with Crippen molar-refractivity contribution in [2.75, 3.05) is 11.9 Å². The van der Waals surface area contributed by atoms with Crippen LogP contribution in [0.2, 0.25) is 0 Å². The lowest BCUT2D eigenvalue weighted by Gasteiger charge is -2.10. The zero-order valence-corrected chi connectivity index (χ0v) is 16.5. The van der Waals surface area contributed by atoms with Gasteiger partial charge in [0.2, 0.25) is 0 Å². The summed E-state index contributed by atoms with van der Waals surface area (Å²) in [5, 5.41) is 6.67. The van der Waals surface area contributed by atoms with Crippen molar-refractivity contribution in [1.82, 2.24) is 10.1 Å². The number of anilines is 1. The standard InChI is InChI=1S/C20H19N3O4S/c1-12-6-7-13(2)16(9-12)28-19-15(5-4-8-21-19)20(25)26-11-18(24)22-17-10-14(3)27-23-17/h4-10H,11H2,1-3H3,(H,22,23,24). The normalized spacial score (nSPS) is 10.5. The van der Waals surface area contributed by atoms with E-state index in [1.807, 2.05) is 32.0 Å². The quantitative estimate of drug-likeness (QED) is 0.630. The van der Waals surface area contributed by atoms with Crippen molar-refractivity contribution in [3.05, 3.63) is 65.0 Å². The number of aryl methyl sites for hydroxylation is 3. The number of pyridine rings is 1. The molecule has 28 heavy (non-hydrogen) atoms. The summed E-state index contributed by atoms with van der Waals surface area (Å²) >= 11 is 1.39. The number of rotatable bonds is 6. The Morgan fingerprint density at radius 2 is 2.00 bits per heavy atom. The zero-order chi connectivity index (χ0) is 20.1. The maximum absolute atomic E-state index is 12.5. The predicted molar refractivity (Wildman–Crippen MR) is 104 cm³/mol. The van der Waals surface area contributed by atoms with Gasteiger partial charge in [0, 0.05) is 17.2 Å². The van der Waals surface area contributed by atoms with E-state index in [-0.39, 0.29) is 5.82 Å². The largest absolute Gasteiger partial charge is 0.452 e. The van der Waals surface area contributed by atoms with Gasteiger partial charge in [-0.2, -0.15) is 0 Å². The van der Waals surface area contributed by atoms with E-state index in [0.29, 0.717) is 16.3 Å². The molecular weight excluding hydrogens is 378 g/mol. The summed E-state index contributed by atoms with van der Waals surface area (Å²) in [7, 11) is 0. The molecule has 3 aromatic rings. The SMILES string of the molecule is Cc1ccc(C)c(Sc2ncccc2C(=O)OCC(=O)Nc2cc(C)on2)c1. The van der Waals surface area contributed by atoms with Crippen molar-refractivity contribution in [2.24, 2.45) is 0 Å². The number of ether oxygens (including phenoxy) is 1. The van der Waals surface area contributed by atoms with E-state index in [2.05, 4.69) is 15.5 Å². The molecule has 7 nitrogen and oxygen atoms in total. The molecule has 0 fully saturated rings. The van der Waals surface area contributed by atoms with Crippen molar-refractivity contribution < 1.29 is 18.8 Å². The molecule has 2 aromatic heterocycles. The van der Waals surface area contributed by atoms with Crippen molar-refractivity contribution >= 4 is 29.5 Å². The molecule has 0 spiro atoms. The highest BCUT2D eigenvalue weighted by Gasteiger charge is 2.17. The van der Waals surface area contributed by atoms with Gasteiger partial charge in [-0.3, -0.25) is 4.79 Å². The van der Waals surface area contributed by atoms with Crippen molar-refractivity contribution in [2.45, 2.75) is 30.7 Å². The fourth-order valence-corrected chi connectivity index (χ4v) is 3.42. The zero-order valence-electron chi connectivity index (χ0n) is 15.7. The van der Waals surface area contributed by atoms with Crippen molar-refractivity contribution in [1.29, 1.82) is 0 Å². The van der Waals surface area contributed by atoms with Crippen LogP contribution in [0.3, 0.4) is 0 Å². The number of carbonyl (C=O) groups is 2. The number of carbonyl (C=O) groups excluding carboxylic acids is 2. The third-order valence-electron chi connectivity index (χ3n) is 3.77. The highest BCUT2D eigenvalue weighted by molar-refractivity contribution is 7.99. The van der Waals surface area contributed by atoms with Gasteiger partial charge in [-0.15, -0.1) is 0 Å². The van der Waals surface area contributed by atoms with Crippen LogP contribution in [-0.2, 0) is 9.53 Å². The maximum atomic E-state index is 12.5. The van der Waals surface area contributed by atoms with Crippen LogP contribution < -0.4 is 5.32 Å². The molecule has 2 heterocycles. The molecule has 0 aliphatic carbocycles. The van der Waals surface area contributed by atoms with E-state index in [4.69, 9.17) is 9.26 Å². The first-order valence-corrected chi connectivity index (χ1v) is 9.34. The predicted octanol–water partition coefficient (Wildman–Crippen LogP) is 3.94. The van der Waals surface area contributed by atoms with E-state index in [1.54, 1.807) is 31.3 Å². The Kier molecular flexibility index (Phi) is 6.10. The number of hydrogen-bond donors (Lipinski definition) is 1. The lowest BCUT2D eigenvalue weighted by atomic mass is 10.2. The Labute approximate surface area is 166 Å². The van der Waals surface area contributed by atoms with Gasteiger partial charge < -0.3 is 14.6 Å². The molecule has 1 N–H and O–H groups in total. The number of aromatic nitrogens is 2. The lowest BCUT2D eigenvalue weighted by molar-refractivity contribution is -0.119. The first kappa shape index (κ1) is 19.6.